The summed E-state index contributed by atoms with van der Waals surface area (Å²) in [4.78, 5) is 42.9. The number of aliphatic carboxylic acids is 4. The Bertz CT molecular complexity index is 4260. The molecule has 0 fully saturated rings. The van der Waals surface area contributed by atoms with Gasteiger partial charge in [0, 0.05) is 75.2 Å². The predicted molar refractivity (Wildman–Crippen MR) is 458 cm³/mol. The van der Waals surface area contributed by atoms with Gasteiger partial charge in [-0.2, -0.15) is 8.78 Å². The highest BCUT2D eigenvalue weighted by Crippen LogP contribution is 2.44. The summed E-state index contributed by atoms with van der Waals surface area (Å²) >= 11 is 1.65. The lowest BCUT2D eigenvalue weighted by atomic mass is 9.82. The maximum Gasteiger partial charge on any atom is 0.340 e. The molecular formula is C94H125F7O12S. The molecule has 0 amide bonds. The zero-order valence-electron chi connectivity index (χ0n) is 71.7. The largest absolute Gasteiger partial charge is 0.493 e. The van der Waals surface area contributed by atoms with Crippen LogP contribution in [0.4, 0.5) is 30.7 Å². The molecule has 0 aliphatic carbocycles. The van der Waals surface area contributed by atoms with Crippen molar-refractivity contribution in [3.8, 4) is 23.0 Å². The number of ether oxygens (including phenoxy) is 4. The van der Waals surface area contributed by atoms with E-state index in [0.717, 1.165) is 98.6 Å². The van der Waals surface area contributed by atoms with Gasteiger partial charge in [-0.25, -0.2) is 36.7 Å². The number of halogens is 7. The third-order valence-corrected chi connectivity index (χ3v) is 17.7. The first kappa shape index (κ1) is 103. The fourth-order valence-corrected chi connectivity index (χ4v) is 11.3. The first-order valence-electron chi connectivity index (χ1n) is 38.1. The van der Waals surface area contributed by atoms with Crippen molar-refractivity contribution in [3.63, 3.8) is 0 Å². The van der Waals surface area contributed by atoms with E-state index >= 15 is 0 Å². The topological polar surface area (TPSA) is 186 Å². The summed E-state index contributed by atoms with van der Waals surface area (Å²) in [7, 11) is 0. The minimum atomic E-state index is -4.27. The van der Waals surface area contributed by atoms with Crippen LogP contribution in [0.25, 0.3) is 22.3 Å². The quantitative estimate of drug-likeness (QED) is 0.0114. The van der Waals surface area contributed by atoms with Crippen LogP contribution in [0.1, 0.15) is 239 Å². The Balaban J connectivity index is 0.000000761. The molecule has 20 heteroatoms. The van der Waals surface area contributed by atoms with E-state index < -0.39 is 68.0 Å². The average molecular weight is 1610 g/mol. The summed E-state index contributed by atoms with van der Waals surface area (Å²) in [6, 6.07) is 16.4. The molecule has 114 heavy (non-hydrogen) atoms. The second-order valence-electron chi connectivity index (χ2n) is 31.7. The summed E-state index contributed by atoms with van der Waals surface area (Å²) in [5.74, 6) is -5.27. The zero-order valence-corrected chi connectivity index (χ0v) is 72.5. The van der Waals surface area contributed by atoms with E-state index in [0.29, 0.717) is 70.1 Å². The van der Waals surface area contributed by atoms with Crippen LogP contribution >= 0.6 is 11.8 Å². The molecule has 4 aromatic rings. The molecule has 0 atom stereocenters. The second-order valence-corrected chi connectivity index (χ2v) is 32.5. The van der Waals surface area contributed by atoms with Crippen LogP contribution in [0.15, 0.2) is 168 Å². The number of carboxylic acid groups (broad SMARTS) is 4. The number of benzene rings is 4. The second kappa shape index (κ2) is 48.8. The van der Waals surface area contributed by atoms with Gasteiger partial charge < -0.3 is 39.4 Å². The number of hydrogen-bond donors (Lipinski definition) is 4. The normalized spacial score (nSPS) is 13.5. The van der Waals surface area contributed by atoms with Crippen LogP contribution in [0.2, 0.25) is 0 Å². The van der Waals surface area contributed by atoms with Crippen molar-refractivity contribution in [1.82, 2.24) is 0 Å². The molecule has 0 aromatic heterocycles. The smallest absolute Gasteiger partial charge is 0.340 e. The Hall–Kier alpha value is -9.30. The number of hydrogen-bond acceptors (Lipinski definition) is 9. The van der Waals surface area contributed by atoms with Gasteiger partial charge in [-0.1, -0.05) is 208 Å². The molecule has 0 saturated carbocycles. The average Bonchev–Trinajstić information content (AvgIpc) is 0.807. The van der Waals surface area contributed by atoms with Gasteiger partial charge in [0.25, 0.3) is 6.43 Å². The highest BCUT2D eigenvalue weighted by Gasteiger charge is 2.42. The molecule has 0 saturated heterocycles. The molecule has 0 aliphatic rings. The number of rotatable bonds is 34. The van der Waals surface area contributed by atoms with Gasteiger partial charge >= 0.3 is 36.2 Å². The monoisotopic (exact) mass is 1610 g/mol. The van der Waals surface area contributed by atoms with Crippen LogP contribution in [0.5, 0.6) is 23.0 Å². The van der Waals surface area contributed by atoms with Crippen molar-refractivity contribution in [2.24, 2.45) is 0 Å². The van der Waals surface area contributed by atoms with E-state index in [4.69, 9.17) is 39.4 Å². The highest BCUT2D eigenvalue weighted by atomic mass is 32.2. The van der Waals surface area contributed by atoms with E-state index in [-0.39, 0.29) is 22.0 Å². The van der Waals surface area contributed by atoms with Crippen LogP contribution in [0.3, 0.4) is 0 Å². The number of aryl methyl sites for hydroxylation is 4. The molecule has 4 rings (SSSR count). The van der Waals surface area contributed by atoms with Gasteiger partial charge in [-0.3, -0.25) is 4.39 Å². The number of thioether (sulfide) groups is 1. The molecular weight excluding hydrogens is 1490 g/mol. The molecule has 0 aliphatic heterocycles. The van der Waals surface area contributed by atoms with Gasteiger partial charge in [0.05, 0.1) is 13.3 Å². The zero-order chi connectivity index (χ0) is 87.4. The van der Waals surface area contributed by atoms with Crippen LogP contribution in [0, 0.1) is 0 Å². The van der Waals surface area contributed by atoms with E-state index in [1.54, 1.807) is 95.0 Å². The third-order valence-electron chi connectivity index (χ3n) is 17.3. The van der Waals surface area contributed by atoms with Crippen molar-refractivity contribution < 1.29 is 89.3 Å². The van der Waals surface area contributed by atoms with Crippen LogP contribution in [-0.4, -0.2) is 102 Å². The third kappa shape index (κ3) is 37.3. The number of alkyl halides is 7. The van der Waals surface area contributed by atoms with Gasteiger partial charge in [-0.15, -0.1) is 11.8 Å². The maximum atomic E-state index is 13.6. The molecule has 4 N–H and O–H groups in total. The Morgan fingerprint density at radius 3 is 0.886 bits per heavy atom. The minimum absolute atomic E-state index is 0.0232. The number of carboxylic acids is 4. The summed E-state index contributed by atoms with van der Waals surface area (Å²) in [5, 5.41) is 35.2. The Kier molecular flexibility index (Phi) is 44.0. The molecule has 4 aromatic carbocycles. The number of allylic oxidation sites excluding steroid dienone is 20. The molecule has 0 unspecified atom stereocenters. The van der Waals surface area contributed by atoms with E-state index in [1.807, 2.05) is 124 Å². The summed E-state index contributed by atoms with van der Waals surface area (Å²) in [6.07, 6.45) is 25.3. The van der Waals surface area contributed by atoms with Gasteiger partial charge in [0.15, 0.2) is 6.61 Å². The lowest BCUT2D eigenvalue weighted by Gasteiger charge is -2.27. The first-order valence-corrected chi connectivity index (χ1v) is 39.5. The molecule has 628 valence electrons. The van der Waals surface area contributed by atoms with E-state index in [2.05, 4.69) is 86.6 Å². The highest BCUT2D eigenvalue weighted by molar-refractivity contribution is 7.98. The lowest BCUT2D eigenvalue weighted by molar-refractivity contribution is -0.148. The Labute approximate surface area is 678 Å². The van der Waals surface area contributed by atoms with Crippen LogP contribution in [-0.2, 0) is 66.5 Å². The fourth-order valence-electron chi connectivity index (χ4n) is 11.0. The van der Waals surface area contributed by atoms with Gasteiger partial charge in [0.1, 0.15) is 35.5 Å². The first-order chi connectivity index (χ1) is 52.8. The van der Waals surface area contributed by atoms with Gasteiger partial charge in [0.2, 0.25) is 0 Å². The fraction of sp³-hybridized carbons (Fsp3) is 0.447. The van der Waals surface area contributed by atoms with Crippen molar-refractivity contribution in [2.75, 3.05) is 38.7 Å². The summed E-state index contributed by atoms with van der Waals surface area (Å²) < 4.78 is 114. The Morgan fingerprint density at radius 2 is 0.667 bits per heavy atom. The van der Waals surface area contributed by atoms with Crippen LogP contribution < -0.4 is 18.9 Å². The summed E-state index contributed by atoms with van der Waals surface area (Å²) in [6.45, 7) is 45.5. The molecule has 0 spiro atoms. The van der Waals surface area contributed by atoms with E-state index in [9.17, 15) is 49.9 Å². The van der Waals surface area contributed by atoms with Crippen molar-refractivity contribution >= 4 is 57.9 Å². The Morgan fingerprint density at radius 1 is 0.412 bits per heavy atom. The minimum Gasteiger partial charge on any atom is -0.493 e. The van der Waals surface area contributed by atoms with Crippen molar-refractivity contribution in [2.45, 2.75) is 239 Å². The molecule has 12 nitrogen and oxygen atoms in total. The molecule has 0 bridgehead atoms. The van der Waals surface area contributed by atoms with Gasteiger partial charge in [-0.05, 0) is 200 Å². The van der Waals surface area contributed by atoms with Crippen molar-refractivity contribution in [3.05, 3.63) is 235 Å². The lowest BCUT2D eigenvalue weighted by Crippen LogP contribution is -2.34. The van der Waals surface area contributed by atoms with E-state index in [1.165, 1.54) is 28.8 Å². The molecule has 0 heterocycles. The molecule has 0 radical (unpaired) electrons. The summed E-state index contributed by atoms with van der Waals surface area (Å²) in [5.41, 5.74) is 17.0. The SMILES string of the molecule is CCc1cc(\C(C)=C/C=C/C(C)=C/C(=O)O)c(OCC(F)(F)C(F)F)c(C(C)(C)C)c1.CCc1cc(\C(C)=C/C=C/C(C)=C/C(=O)O)c(OCC(F)F)c(C(C)(C)C)c1.CCc1cc(\C(C)=C/C=C/C(C)=C/C(=O)O)c(OCCCF)c(C(C)(C)C)c1.CCc1cc(\C(C)=C/C=C/C(C)=C/C(=O)O)c(OCSC)c(C(C)(C)C)c1. The standard InChI is InChI=1S/C24H30F4O3.C24H33FO3.C23H30F2O3.C23H32O3S/c1-7-17-12-18(16(3)10-8-9-15(2)11-20(29)30)21(19(13-17)23(4,5)6)31-14-24(27,28)22(25)26;1-7-19-15-20(18(3)11-8-10-17(2)14-22(26)27)23(28-13-9-12-25)21(16-19)24(4,5)6;1-7-17-12-18(16(3)10-8-9-15(2)11-21(26)27)22(28-14-20(24)25)19(13-17)23(4,5)6;1-8-18-13-19(17(3)11-9-10-16(2)12-21(24)25)22(26-15-27-7)20(14-18)23(4,5)6/h8-13,22H,7,14H2,1-6H3,(H,29,30);8,10-11,14-16H,7,9,12-13H2,1-6H3,(H,26,27);8-13,20H,7,14H2,1-6H3,(H,26,27);9-14H,8,15H2,1-7H3,(H,24,25)/b9-8+,15-11+,16-10-;10-8+,17-14+,18-11-;9-8+,15-11+,16-10-;10-9+,16-12+,17-11-. The van der Waals surface area contributed by atoms with Crippen molar-refractivity contribution in [1.29, 1.82) is 0 Å². The number of carbonyl (C=O) groups is 4. The predicted octanol–water partition coefficient (Wildman–Crippen LogP) is 25.5. The maximum absolute atomic E-state index is 13.6.